The topological polar surface area (TPSA) is 70.2 Å². The van der Waals surface area contributed by atoms with Crippen molar-refractivity contribution >= 4 is 0 Å². The van der Waals surface area contributed by atoms with Crippen molar-refractivity contribution in [2.75, 3.05) is 7.11 Å². The summed E-state index contributed by atoms with van der Waals surface area (Å²) in [6.45, 7) is 0. The van der Waals surface area contributed by atoms with Crippen LogP contribution >= 0.6 is 0 Å². The Hall–Kier alpha value is -2.89. The number of ether oxygens (including phenoxy) is 1. The number of rotatable bonds is 4. The Labute approximate surface area is 145 Å². The largest absolute Gasteiger partial charge is 0.497 e. The summed E-state index contributed by atoms with van der Waals surface area (Å²) >= 11 is 0. The zero-order chi connectivity index (χ0) is 17.4. The maximum atomic E-state index is 11.8. The van der Waals surface area contributed by atoms with E-state index in [1.165, 1.54) is 10.6 Å². The highest BCUT2D eigenvalue weighted by Gasteiger charge is 2.44. The summed E-state index contributed by atoms with van der Waals surface area (Å²) in [6.07, 6.45) is 4.75. The highest BCUT2D eigenvalue weighted by Crippen LogP contribution is 2.48. The van der Waals surface area contributed by atoms with Crippen molar-refractivity contribution in [3.63, 3.8) is 0 Å². The van der Waals surface area contributed by atoms with Crippen molar-refractivity contribution in [1.29, 1.82) is 0 Å². The fourth-order valence-corrected chi connectivity index (χ4v) is 3.31. The van der Waals surface area contributed by atoms with Crippen molar-refractivity contribution in [2.24, 2.45) is 7.05 Å². The Kier molecular flexibility index (Phi) is 3.67. The minimum Gasteiger partial charge on any atom is -0.497 e. The van der Waals surface area contributed by atoms with Gasteiger partial charge < -0.3 is 13.8 Å². The molecule has 1 saturated carbocycles. The summed E-state index contributed by atoms with van der Waals surface area (Å²) in [5.41, 5.74) is 1.43. The van der Waals surface area contributed by atoms with E-state index in [1.807, 2.05) is 18.2 Å². The van der Waals surface area contributed by atoms with Crippen LogP contribution in [0.25, 0.3) is 11.5 Å². The van der Waals surface area contributed by atoms with Crippen LogP contribution in [0.15, 0.2) is 51.9 Å². The first-order valence-corrected chi connectivity index (χ1v) is 8.28. The summed E-state index contributed by atoms with van der Waals surface area (Å²) in [7, 11) is 3.37. The predicted molar refractivity (Wildman–Crippen MR) is 92.6 cm³/mol. The van der Waals surface area contributed by atoms with E-state index in [4.69, 9.17) is 9.26 Å². The van der Waals surface area contributed by atoms with Crippen LogP contribution in [-0.4, -0.2) is 21.8 Å². The summed E-state index contributed by atoms with van der Waals surface area (Å²) < 4.78 is 12.3. The van der Waals surface area contributed by atoms with Gasteiger partial charge in [-0.25, -0.2) is 0 Å². The van der Waals surface area contributed by atoms with E-state index in [0.717, 1.165) is 30.6 Å². The van der Waals surface area contributed by atoms with Crippen LogP contribution in [0, 0.1) is 0 Å². The van der Waals surface area contributed by atoms with Crippen LogP contribution < -0.4 is 10.3 Å². The molecule has 0 bridgehead atoms. The fraction of sp³-hybridized carbons (Fsp3) is 0.316. The second kappa shape index (κ2) is 5.88. The smallest absolute Gasteiger partial charge is 0.258 e. The third-order valence-corrected chi connectivity index (χ3v) is 5.03. The molecule has 0 amide bonds. The predicted octanol–water partition coefficient (Wildman–Crippen LogP) is 2.91. The van der Waals surface area contributed by atoms with Crippen LogP contribution in [0.1, 0.15) is 30.7 Å². The Morgan fingerprint density at radius 1 is 1.24 bits per heavy atom. The van der Waals surface area contributed by atoms with Crippen LogP contribution in [0.4, 0.5) is 0 Å². The minimum absolute atomic E-state index is 0.108. The lowest BCUT2D eigenvalue weighted by molar-refractivity contribution is 0.272. The molecule has 0 N–H and O–H groups in total. The summed E-state index contributed by atoms with van der Waals surface area (Å²) in [6, 6.07) is 11.3. The van der Waals surface area contributed by atoms with E-state index in [9.17, 15) is 4.79 Å². The summed E-state index contributed by atoms with van der Waals surface area (Å²) in [5.74, 6) is 1.86. The van der Waals surface area contributed by atoms with Gasteiger partial charge in [-0.15, -0.1) is 0 Å². The van der Waals surface area contributed by atoms with Crippen LogP contribution in [0.3, 0.4) is 0 Å². The van der Waals surface area contributed by atoms with Crippen LogP contribution in [0.5, 0.6) is 5.75 Å². The van der Waals surface area contributed by atoms with Gasteiger partial charge in [0.2, 0.25) is 0 Å². The van der Waals surface area contributed by atoms with Gasteiger partial charge in [-0.05, 0) is 36.6 Å². The number of pyridine rings is 1. The zero-order valence-corrected chi connectivity index (χ0v) is 14.2. The Balaban J connectivity index is 1.74. The van der Waals surface area contributed by atoms with E-state index < -0.39 is 0 Å². The second-order valence-corrected chi connectivity index (χ2v) is 6.46. The molecule has 128 valence electrons. The lowest BCUT2D eigenvalue weighted by atomic mass is 9.64. The Bertz CT molecular complexity index is 970. The maximum Gasteiger partial charge on any atom is 0.258 e. The molecule has 1 aliphatic carbocycles. The molecular formula is C19H19N3O3. The molecule has 0 unspecified atom stereocenters. The number of hydrogen-bond acceptors (Lipinski definition) is 5. The van der Waals surface area contributed by atoms with Gasteiger partial charge in [-0.3, -0.25) is 4.79 Å². The quantitative estimate of drug-likeness (QED) is 0.732. The molecule has 0 aliphatic heterocycles. The van der Waals surface area contributed by atoms with Crippen molar-refractivity contribution in [3.05, 3.63) is 64.3 Å². The molecule has 4 rings (SSSR count). The molecule has 1 fully saturated rings. The fourth-order valence-electron chi connectivity index (χ4n) is 3.31. The van der Waals surface area contributed by atoms with Crippen molar-refractivity contribution in [1.82, 2.24) is 14.7 Å². The molecule has 3 aromatic rings. The average molecular weight is 337 g/mol. The minimum atomic E-state index is -0.240. The average Bonchev–Trinajstić information content (AvgIpc) is 3.07. The number of hydrogen-bond donors (Lipinski definition) is 0. The third kappa shape index (κ3) is 2.54. The van der Waals surface area contributed by atoms with Crippen LogP contribution in [0.2, 0.25) is 0 Å². The molecule has 6 nitrogen and oxygen atoms in total. The second-order valence-electron chi connectivity index (χ2n) is 6.46. The maximum absolute atomic E-state index is 11.8. The number of nitrogens with zero attached hydrogens (tertiary/aromatic N) is 3. The molecule has 0 spiro atoms. The molecule has 0 radical (unpaired) electrons. The highest BCUT2D eigenvalue weighted by molar-refractivity contribution is 5.52. The number of benzene rings is 1. The summed E-state index contributed by atoms with van der Waals surface area (Å²) in [4.78, 5) is 16.4. The first-order valence-electron chi connectivity index (χ1n) is 8.28. The molecule has 2 aromatic heterocycles. The van der Waals surface area contributed by atoms with Gasteiger partial charge >= 0.3 is 0 Å². The Morgan fingerprint density at radius 2 is 2.08 bits per heavy atom. The number of aromatic nitrogens is 3. The lowest BCUT2D eigenvalue weighted by Gasteiger charge is -2.39. The van der Waals surface area contributed by atoms with Crippen LogP contribution in [-0.2, 0) is 12.5 Å². The van der Waals surface area contributed by atoms with Gasteiger partial charge in [0.15, 0.2) is 5.82 Å². The zero-order valence-electron chi connectivity index (χ0n) is 14.2. The molecule has 25 heavy (non-hydrogen) atoms. The molecular weight excluding hydrogens is 318 g/mol. The standard InChI is InChI=1S/C19H19N3O3/c1-22-10-7-13(11-16(22)23)17-20-18(21-25-17)19(8-4-9-19)14-5-3-6-15(12-14)24-2/h3,5-7,10-12H,4,8-9H2,1-2H3. The molecule has 0 atom stereocenters. The van der Waals surface area contributed by atoms with E-state index in [-0.39, 0.29) is 11.0 Å². The molecule has 2 heterocycles. The molecule has 1 aromatic carbocycles. The highest BCUT2D eigenvalue weighted by atomic mass is 16.5. The molecule has 0 saturated heterocycles. The monoisotopic (exact) mass is 337 g/mol. The third-order valence-electron chi connectivity index (χ3n) is 5.03. The van der Waals surface area contributed by atoms with Crippen molar-refractivity contribution < 1.29 is 9.26 Å². The van der Waals surface area contributed by atoms with Crippen molar-refractivity contribution in [3.8, 4) is 17.2 Å². The van der Waals surface area contributed by atoms with Gasteiger partial charge in [-0.2, -0.15) is 4.98 Å². The first-order chi connectivity index (χ1) is 12.1. The molecule has 6 heteroatoms. The molecule has 1 aliphatic rings. The number of methoxy groups -OCH3 is 1. The SMILES string of the molecule is COc1cccc(C2(c3noc(-c4ccn(C)c(=O)c4)n3)CCC2)c1. The van der Waals surface area contributed by atoms with Gasteiger partial charge in [0.1, 0.15) is 5.75 Å². The lowest BCUT2D eigenvalue weighted by Crippen LogP contribution is -2.36. The van der Waals surface area contributed by atoms with E-state index in [1.54, 1.807) is 26.4 Å². The Morgan fingerprint density at radius 3 is 2.76 bits per heavy atom. The van der Waals surface area contributed by atoms with E-state index in [2.05, 4.69) is 16.2 Å². The van der Waals surface area contributed by atoms with Crippen molar-refractivity contribution in [2.45, 2.75) is 24.7 Å². The van der Waals surface area contributed by atoms with Gasteiger partial charge in [0.05, 0.1) is 12.5 Å². The first kappa shape index (κ1) is 15.6. The van der Waals surface area contributed by atoms with Gasteiger partial charge in [-0.1, -0.05) is 23.7 Å². The van der Waals surface area contributed by atoms with Gasteiger partial charge in [0, 0.05) is 24.9 Å². The normalized spacial score (nSPS) is 15.6. The van der Waals surface area contributed by atoms with E-state index >= 15 is 0 Å². The summed E-state index contributed by atoms with van der Waals surface area (Å²) in [5, 5.41) is 4.23. The van der Waals surface area contributed by atoms with E-state index in [0.29, 0.717) is 17.3 Å². The van der Waals surface area contributed by atoms with Gasteiger partial charge in [0.25, 0.3) is 11.4 Å². The number of aryl methyl sites for hydroxylation is 1.